The SMILES string of the molecule is CCCCCC[P+](CCCCCC)(CCCCCC)CCCCCC.CCCCCC[P+](CCCCCC)(CCCCCC)CCCCCC.CCCCCC[P+](CCCCCC)(CCCCCC)CCCCCC.[Br-].[Br-].[Br-]. The van der Waals surface area contributed by atoms with E-state index in [-0.39, 0.29) is 50.9 Å². The summed E-state index contributed by atoms with van der Waals surface area (Å²) in [6, 6.07) is 0. The molecule has 0 radical (unpaired) electrons. The van der Waals surface area contributed by atoms with E-state index in [9.17, 15) is 0 Å². The molecule has 78 heavy (non-hydrogen) atoms. The van der Waals surface area contributed by atoms with Crippen molar-refractivity contribution in [3.05, 3.63) is 0 Å². The van der Waals surface area contributed by atoms with Crippen molar-refractivity contribution < 1.29 is 50.9 Å². The van der Waals surface area contributed by atoms with Gasteiger partial charge in [0.1, 0.15) is 0 Å². The van der Waals surface area contributed by atoms with Crippen LogP contribution in [0.5, 0.6) is 0 Å². The van der Waals surface area contributed by atoms with Crippen LogP contribution in [0.25, 0.3) is 0 Å². The van der Waals surface area contributed by atoms with Crippen LogP contribution < -0.4 is 50.9 Å². The maximum Gasteiger partial charge on any atom is 0.0594 e. The number of halogens is 3. The topological polar surface area (TPSA) is 0 Å². The second-order valence-corrected chi connectivity index (χ2v) is 38.9. The van der Waals surface area contributed by atoms with Crippen molar-refractivity contribution in [2.24, 2.45) is 0 Å². The highest BCUT2D eigenvalue weighted by Crippen LogP contribution is 2.63. The highest BCUT2D eigenvalue weighted by Gasteiger charge is 2.37. The molecule has 0 unspecified atom stereocenters. The molecule has 0 atom stereocenters. The molecule has 480 valence electrons. The molecule has 0 aliphatic heterocycles. The summed E-state index contributed by atoms with van der Waals surface area (Å²) >= 11 is 0. The van der Waals surface area contributed by atoms with Crippen LogP contribution in [0.15, 0.2) is 0 Å². The van der Waals surface area contributed by atoms with Crippen molar-refractivity contribution in [3.8, 4) is 0 Å². The van der Waals surface area contributed by atoms with Crippen LogP contribution in [0.3, 0.4) is 0 Å². The van der Waals surface area contributed by atoms with Gasteiger partial charge in [0.15, 0.2) is 0 Å². The van der Waals surface area contributed by atoms with Gasteiger partial charge in [-0.1, -0.05) is 237 Å². The lowest BCUT2D eigenvalue weighted by atomic mass is 10.2. The Bertz CT molecular complexity index is 727. The average Bonchev–Trinajstić information content (AvgIpc) is 3.42. The highest BCUT2D eigenvalue weighted by atomic mass is 79.9. The first-order valence-corrected chi connectivity index (χ1v) is 43.9. The zero-order chi connectivity index (χ0) is 55.9. The van der Waals surface area contributed by atoms with Crippen molar-refractivity contribution in [2.75, 3.05) is 73.9 Å². The minimum atomic E-state index is -0.657. The molecular weight excluding hydrogens is 1200 g/mol. The lowest BCUT2D eigenvalue weighted by Crippen LogP contribution is -3.00. The van der Waals surface area contributed by atoms with Crippen LogP contribution in [-0.2, 0) is 0 Å². The molecule has 0 aromatic rings. The van der Waals surface area contributed by atoms with Gasteiger partial charge in [0.25, 0.3) is 0 Å². The molecule has 0 aliphatic carbocycles. The quantitative estimate of drug-likeness (QED) is 0.0421. The van der Waals surface area contributed by atoms with E-state index in [1.165, 1.54) is 308 Å². The molecule has 0 amide bonds. The summed E-state index contributed by atoms with van der Waals surface area (Å²) in [5.41, 5.74) is 0. The van der Waals surface area contributed by atoms with E-state index in [2.05, 4.69) is 83.1 Å². The normalized spacial score (nSPS) is 11.5. The van der Waals surface area contributed by atoms with Gasteiger partial charge in [-0.3, -0.25) is 0 Å². The molecule has 0 bridgehead atoms. The van der Waals surface area contributed by atoms with E-state index in [0.717, 1.165) is 0 Å². The third kappa shape index (κ3) is 63.2. The Morgan fingerprint density at radius 2 is 0.192 bits per heavy atom. The van der Waals surface area contributed by atoms with Gasteiger partial charge in [0.2, 0.25) is 0 Å². The second-order valence-electron chi connectivity index (χ2n) is 25.4. The Labute approximate surface area is 533 Å². The predicted molar refractivity (Wildman–Crippen MR) is 369 cm³/mol. The molecule has 0 aromatic heterocycles. The number of rotatable bonds is 60. The molecule has 0 rings (SSSR count). The van der Waals surface area contributed by atoms with Crippen molar-refractivity contribution >= 4 is 21.8 Å². The zero-order valence-electron chi connectivity index (χ0n) is 56.9. The Balaban J connectivity index is -0.000000245. The number of hydrogen-bond donors (Lipinski definition) is 0. The monoisotopic (exact) mass is 1350 g/mol. The van der Waals surface area contributed by atoms with Crippen molar-refractivity contribution in [1.29, 1.82) is 0 Å². The van der Waals surface area contributed by atoms with Gasteiger partial charge in [-0.2, -0.15) is 0 Å². The van der Waals surface area contributed by atoms with Gasteiger partial charge in [0, 0.05) is 21.8 Å². The van der Waals surface area contributed by atoms with Gasteiger partial charge in [-0.05, 0) is 154 Å². The fraction of sp³-hybridized carbons (Fsp3) is 1.00. The lowest BCUT2D eigenvalue weighted by Gasteiger charge is -2.28. The highest BCUT2D eigenvalue weighted by molar-refractivity contribution is 7.76. The lowest BCUT2D eigenvalue weighted by molar-refractivity contribution is -0.001000. The molecule has 0 fully saturated rings. The molecule has 6 heteroatoms. The predicted octanol–water partition coefficient (Wildman–Crippen LogP) is 19.0. The summed E-state index contributed by atoms with van der Waals surface area (Å²) in [5.74, 6) is 0. The van der Waals surface area contributed by atoms with Crippen LogP contribution in [0.1, 0.15) is 391 Å². The number of hydrogen-bond acceptors (Lipinski definition) is 0. The van der Waals surface area contributed by atoms with Crippen LogP contribution in [0.2, 0.25) is 0 Å². The molecule has 0 spiro atoms. The van der Waals surface area contributed by atoms with Gasteiger partial charge < -0.3 is 50.9 Å². The first-order chi connectivity index (χ1) is 36.7. The smallest absolute Gasteiger partial charge is 0.0594 e. The Morgan fingerprint density at radius 3 is 0.256 bits per heavy atom. The van der Waals surface area contributed by atoms with Gasteiger partial charge >= 0.3 is 0 Å². The molecule has 0 saturated heterocycles. The molecule has 0 heterocycles. The van der Waals surface area contributed by atoms with Crippen LogP contribution in [0.4, 0.5) is 0 Å². The maximum absolute atomic E-state index is 2.35. The minimum Gasteiger partial charge on any atom is -1.00 e. The van der Waals surface area contributed by atoms with Crippen molar-refractivity contribution in [2.45, 2.75) is 391 Å². The summed E-state index contributed by atoms with van der Waals surface area (Å²) in [5, 5.41) is 0. The van der Waals surface area contributed by atoms with Gasteiger partial charge in [0.05, 0.1) is 73.9 Å². The Morgan fingerprint density at radius 1 is 0.115 bits per heavy atom. The van der Waals surface area contributed by atoms with Gasteiger partial charge in [-0.15, -0.1) is 0 Å². The molecular formula is C72H156Br3P3. The summed E-state index contributed by atoms with van der Waals surface area (Å²) < 4.78 is 0. The fourth-order valence-corrected chi connectivity index (χ4v) is 27.3. The minimum absolute atomic E-state index is 0. The number of unbranched alkanes of at least 4 members (excludes halogenated alkanes) is 36. The molecule has 0 aliphatic rings. The van der Waals surface area contributed by atoms with E-state index < -0.39 is 21.8 Å². The summed E-state index contributed by atoms with van der Waals surface area (Å²) in [6.45, 7) is 28.2. The summed E-state index contributed by atoms with van der Waals surface area (Å²) in [6.07, 6.45) is 90.2. The first kappa shape index (κ1) is 91.9. The van der Waals surface area contributed by atoms with Crippen LogP contribution >= 0.6 is 21.8 Å². The first-order valence-electron chi connectivity index (χ1n) is 36.3. The summed E-state index contributed by atoms with van der Waals surface area (Å²) in [4.78, 5) is 0. The third-order valence-electron chi connectivity index (χ3n) is 17.8. The zero-order valence-corrected chi connectivity index (χ0v) is 64.3. The average molecular weight is 1350 g/mol. The van der Waals surface area contributed by atoms with E-state index in [1.54, 1.807) is 73.9 Å². The van der Waals surface area contributed by atoms with E-state index in [1.807, 2.05) is 0 Å². The van der Waals surface area contributed by atoms with Crippen molar-refractivity contribution in [1.82, 2.24) is 0 Å². The van der Waals surface area contributed by atoms with E-state index in [0.29, 0.717) is 0 Å². The summed E-state index contributed by atoms with van der Waals surface area (Å²) in [7, 11) is -1.97. The fourth-order valence-electron chi connectivity index (χ4n) is 12.5. The Hall–Kier alpha value is 2.73. The maximum atomic E-state index is 2.35. The standard InChI is InChI=1S/3C24H52P.3BrH/c3*1-5-9-13-17-21-25(22-18-14-10-6-2,23-19-15-11-7-3)24-20-16-12-8-4;;;/h3*5-24H2,1-4H3;3*1H/q3*+1;;;/p-3. The van der Waals surface area contributed by atoms with E-state index >= 15 is 0 Å². The van der Waals surface area contributed by atoms with Crippen LogP contribution in [0, 0.1) is 0 Å². The Kier molecular flexibility index (Phi) is 89.3. The molecule has 0 saturated carbocycles. The van der Waals surface area contributed by atoms with Crippen molar-refractivity contribution in [3.63, 3.8) is 0 Å². The van der Waals surface area contributed by atoms with Gasteiger partial charge in [-0.25, -0.2) is 0 Å². The van der Waals surface area contributed by atoms with Crippen LogP contribution in [-0.4, -0.2) is 73.9 Å². The largest absolute Gasteiger partial charge is 1.00 e. The third-order valence-corrected chi connectivity index (χ3v) is 33.0. The molecule has 0 nitrogen and oxygen atoms in total. The van der Waals surface area contributed by atoms with E-state index in [4.69, 9.17) is 0 Å². The molecule has 0 N–H and O–H groups in total. The second kappa shape index (κ2) is 75.8. The molecule has 0 aromatic carbocycles.